The zero-order chi connectivity index (χ0) is 15.0. The van der Waals surface area contributed by atoms with Gasteiger partial charge in [0.1, 0.15) is 17.1 Å². The molecule has 0 aliphatic heterocycles. The highest BCUT2D eigenvalue weighted by Crippen LogP contribution is 2.45. The van der Waals surface area contributed by atoms with E-state index in [1.165, 1.54) is 12.1 Å². The van der Waals surface area contributed by atoms with Gasteiger partial charge in [0.05, 0.1) is 11.0 Å². The maximum Gasteiger partial charge on any atom is 0.319 e. The first-order chi connectivity index (χ1) is 10.0. The number of hydrogen-bond donors (Lipinski definition) is 3. The minimum absolute atomic E-state index is 0.288. The molecular formula is C14H14FN3O3. The van der Waals surface area contributed by atoms with Gasteiger partial charge in [0.25, 0.3) is 0 Å². The van der Waals surface area contributed by atoms with Crippen LogP contribution in [0.3, 0.4) is 0 Å². The first-order valence-electron chi connectivity index (χ1n) is 6.67. The minimum Gasteiger partial charge on any atom is -0.480 e. The van der Waals surface area contributed by atoms with Gasteiger partial charge < -0.3 is 15.4 Å². The number of carboxylic acids is 1. The number of aromatic amines is 1. The van der Waals surface area contributed by atoms with Crippen LogP contribution in [0, 0.1) is 11.2 Å². The van der Waals surface area contributed by atoms with Gasteiger partial charge in [-0.2, -0.15) is 0 Å². The van der Waals surface area contributed by atoms with Crippen LogP contribution in [0.1, 0.15) is 18.7 Å². The van der Waals surface area contributed by atoms with Crippen LogP contribution in [0.4, 0.5) is 4.39 Å². The molecule has 0 atom stereocenters. The Hall–Kier alpha value is -2.44. The predicted molar refractivity (Wildman–Crippen MR) is 72.1 cm³/mol. The van der Waals surface area contributed by atoms with Crippen molar-refractivity contribution >= 4 is 22.9 Å². The number of H-pyrrole nitrogens is 1. The molecule has 0 radical (unpaired) electrons. The number of carbonyl (C=O) groups excluding carboxylic acids is 1. The number of nitrogens with zero attached hydrogens (tertiary/aromatic N) is 1. The number of aliphatic carboxylic acids is 1. The van der Waals surface area contributed by atoms with Crippen LogP contribution in [-0.4, -0.2) is 33.5 Å². The summed E-state index contributed by atoms with van der Waals surface area (Å²) in [6, 6.07) is 4.26. The normalized spacial score (nSPS) is 15.9. The third-order valence-corrected chi connectivity index (χ3v) is 3.73. The van der Waals surface area contributed by atoms with Crippen molar-refractivity contribution in [3.8, 4) is 0 Å². The van der Waals surface area contributed by atoms with E-state index in [9.17, 15) is 14.0 Å². The second kappa shape index (κ2) is 4.83. The van der Waals surface area contributed by atoms with E-state index in [0.29, 0.717) is 36.1 Å². The number of rotatable bonds is 5. The van der Waals surface area contributed by atoms with Gasteiger partial charge in [-0.1, -0.05) is 0 Å². The fraction of sp³-hybridized carbons (Fsp3) is 0.357. The Kier molecular flexibility index (Phi) is 3.12. The molecular weight excluding hydrogens is 277 g/mol. The van der Waals surface area contributed by atoms with Crippen molar-refractivity contribution in [2.45, 2.75) is 19.3 Å². The Balaban J connectivity index is 1.59. The number of carbonyl (C=O) groups is 2. The molecule has 1 aromatic carbocycles. The molecule has 1 saturated carbocycles. The molecule has 7 heteroatoms. The zero-order valence-corrected chi connectivity index (χ0v) is 11.1. The van der Waals surface area contributed by atoms with Crippen LogP contribution in [0.25, 0.3) is 11.0 Å². The number of imidazole rings is 1. The van der Waals surface area contributed by atoms with E-state index in [0.717, 1.165) is 0 Å². The lowest BCUT2D eigenvalue weighted by Gasteiger charge is -2.09. The van der Waals surface area contributed by atoms with Gasteiger partial charge in [-0.3, -0.25) is 9.59 Å². The first-order valence-corrected chi connectivity index (χ1v) is 6.67. The van der Waals surface area contributed by atoms with E-state index in [1.54, 1.807) is 6.07 Å². The number of aromatic nitrogens is 2. The molecule has 1 heterocycles. The fourth-order valence-electron chi connectivity index (χ4n) is 2.28. The molecule has 21 heavy (non-hydrogen) atoms. The number of fused-ring (bicyclic) bond motifs is 1. The Morgan fingerprint density at radius 3 is 2.86 bits per heavy atom. The molecule has 1 aliphatic carbocycles. The lowest BCUT2D eigenvalue weighted by molar-refractivity contribution is -0.149. The maximum absolute atomic E-state index is 13.1. The van der Waals surface area contributed by atoms with Crippen molar-refractivity contribution in [3.63, 3.8) is 0 Å². The summed E-state index contributed by atoms with van der Waals surface area (Å²) in [6.45, 7) is 0.288. The number of benzene rings is 1. The van der Waals surface area contributed by atoms with E-state index in [-0.39, 0.29) is 12.4 Å². The molecule has 110 valence electrons. The van der Waals surface area contributed by atoms with Gasteiger partial charge in [-0.05, 0) is 31.0 Å². The molecule has 0 bridgehead atoms. The van der Waals surface area contributed by atoms with Gasteiger partial charge in [-0.15, -0.1) is 0 Å². The Labute approximate surface area is 119 Å². The molecule has 6 nitrogen and oxygen atoms in total. The lowest BCUT2D eigenvalue weighted by Crippen LogP contribution is -2.38. The summed E-state index contributed by atoms with van der Waals surface area (Å²) in [7, 11) is 0. The third kappa shape index (κ3) is 2.46. The monoisotopic (exact) mass is 291 g/mol. The number of hydrogen-bond acceptors (Lipinski definition) is 3. The van der Waals surface area contributed by atoms with Crippen molar-refractivity contribution in [3.05, 3.63) is 29.8 Å². The first kappa shape index (κ1) is 13.5. The molecule has 0 spiro atoms. The van der Waals surface area contributed by atoms with Gasteiger partial charge >= 0.3 is 5.97 Å². The number of carboxylic acid groups (broad SMARTS) is 1. The van der Waals surface area contributed by atoms with E-state index in [2.05, 4.69) is 15.3 Å². The quantitative estimate of drug-likeness (QED) is 0.722. The average molecular weight is 291 g/mol. The van der Waals surface area contributed by atoms with Crippen molar-refractivity contribution in [2.75, 3.05) is 6.54 Å². The molecule has 1 fully saturated rings. The zero-order valence-electron chi connectivity index (χ0n) is 11.1. The molecule has 1 aromatic heterocycles. The van der Waals surface area contributed by atoms with Gasteiger partial charge in [0.2, 0.25) is 5.91 Å². The number of halogens is 1. The summed E-state index contributed by atoms with van der Waals surface area (Å²) in [5.74, 6) is -1.24. The van der Waals surface area contributed by atoms with Crippen molar-refractivity contribution in [1.82, 2.24) is 15.3 Å². The largest absolute Gasteiger partial charge is 0.480 e. The molecule has 2 aromatic rings. The molecule has 1 amide bonds. The van der Waals surface area contributed by atoms with Crippen LogP contribution in [-0.2, 0) is 16.0 Å². The standard InChI is InChI=1S/C14H14FN3O3/c15-8-1-2-9-10(7-8)18-11(17-9)3-6-16-12(19)14(4-5-14)13(20)21/h1-2,7H,3-6H2,(H,16,19)(H,17,18)(H,20,21). The van der Waals surface area contributed by atoms with E-state index < -0.39 is 17.3 Å². The second-order valence-corrected chi connectivity index (χ2v) is 5.24. The summed E-state index contributed by atoms with van der Waals surface area (Å²) in [5.41, 5.74) is 0.0271. The molecule has 1 aliphatic rings. The Bertz CT molecular complexity index is 721. The van der Waals surface area contributed by atoms with E-state index >= 15 is 0 Å². The van der Waals surface area contributed by atoms with Crippen molar-refractivity contribution in [2.24, 2.45) is 5.41 Å². The maximum atomic E-state index is 13.1. The minimum atomic E-state index is -1.23. The van der Waals surface area contributed by atoms with Crippen LogP contribution in [0.15, 0.2) is 18.2 Å². The van der Waals surface area contributed by atoms with Crippen molar-refractivity contribution in [1.29, 1.82) is 0 Å². The van der Waals surface area contributed by atoms with Crippen molar-refractivity contribution < 1.29 is 19.1 Å². The molecule has 0 saturated heterocycles. The fourth-order valence-corrected chi connectivity index (χ4v) is 2.28. The van der Waals surface area contributed by atoms with Crippen LogP contribution >= 0.6 is 0 Å². The second-order valence-electron chi connectivity index (χ2n) is 5.24. The average Bonchev–Trinajstić information content (AvgIpc) is 3.15. The van der Waals surface area contributed by atoms with E-state index in [1.807, 2.05) is 0 Å². The smallest absolute Gasteiger partial charge is 0.319 e. The summed E-state index contributed by atoms with van der Waals surface area (Å²) in [6.07, 6.45) is 1.20. The highest BCUT2D eigenvalue weighted by Gasteiger charge is 2.56. The van der Waals surface area contributed by atoms with Gasteiger partial charge in [0.15, 0.2) is 0 Å². The topological polar surface area (TPSA) is 95.1 Å². The molecule has 0 unspecified atom stereocenters. The molecule has 3 N–H and O–H groups in total. The highest BCUT2D eigenvalue weighted by atomic mass is 19.1. The summed E-state index contributed by atoms with van der Waals surface area (Å²) in [4.78, 5) is 30.0. The number of nitrogens with one attached hydrogen (secondary N) is 2. The SMILES string of the molecule is O=C(O)C1(C(=O)NCCc2nc3ccc(F)cc3[nH]2)CC1. The highest BCUT2D eigenvalue weighted by molar-refractivity contribution is 6.04. The summed E-state index contributed by atoms with van der Waals surface area (Å²) >= 11 is 0. The molecule has 3 rings (SSSR count). The summed E-state index contributed by atoms with van der Waals surface area (Å²) < 4.78 is 13.1. The van der Waals surface area contributed by atoms with Crippen LogP contribution < -0.4 is 5.32 Å². The van der Waals surface area contributed by atoms with Gasteiger partial charge in [0, 0.05) is 13.0 Å². The Morgan fingerprint density at radius 2 is 2.19 bits per heavy atom. The third-order valence-electron chi connectivity index (χ3n) is 3.73. The lowest BCUT2D eigenvalue weighted by atomic mass is 10.1. The van der Waals surface area contributed by atoms with E-state index in [4.69, 9.17) is 5.11 Å². The van der Waals surface area contributed by atoms with Crippen LogP contribution in [0.2, 0.25) is 0 Å². The number of amides is 1. The summed E-state index contributed by atoms with van der Waals surface area (Å²) in [5, 5.41) is 11.6. The Morgan fingerprint density at radius 1 is 1.43 bits per heavy atom. The van der Waals surface area contributed by atoms with Crippen LogP contribution in [0.5, 0.6) is 0 Å². The van der Waals surface area contributed by atoms with Gasteiger partial charge in [-0.25, -0.2) is 9.37 Å². The predicted octanol–water partition coefficient (Wildman–Crippen LogP) is 1.23.